The van der Waals surface area contributed by atoms with Crippen molar-refractivity contribution in [3.05, 3.63) is 33.2 Å². The molecule has 0 atom stereocenters. The molecule has 2 aromatic rings. The Morgan fingerprint density at radius 1 is 1.47 bits per heavy atom. The fraction of sp³-hybridized carbons (Fsp3) is 0.455. The molecule has 2 heterocycles. The van der Waals surface area contributed by atoms with Gasteiger partial charge in [0, 0.05) is 17.5 Å². The van der Waals surface area contributed by atoms with E-state index >= 15 is 0 Å². The first-order chi connectivity index (χ1) is 8.29. The third-order valence-corrected chi connectivity index (χ3v) is 3.90. The lowest BCUT2D eigenvalue weighted by Gasteiger charge is -1.97. The lowest BCUT2D eigenvalue weighted by molar-refractivity contribution is 0.651. The van der Waals surface area contributed by atoms with Gasteiger partial charge in [-0.1, -0.05) is 16.8 Å². The van der Waals surface area contributed by atoms with E-state index in [2.05, 4.69) is 15.6 Å². The van der Waals surface area contributed by atoms with Crippen molar-refractivity contribution in [1.29, 1.82) is 0 Å². The zero-order valence-corrected chi connectivity index (χ0v) is 10.8. The van der Waals surface area contributed by atoms with E-state index in [-0.39, 0.29) is 0 Å². The monoisotopic (exact) mass is 268 g/mol. The second-order valence-electron chi connectivity index (χ2n) is 4.27. The van der Waals surface area contributed by atoms with Crippen LogP contribution in [0, 0.1) is 0 Å². The van der Waals surface area contributed by atoms with E-state index in [1.807, 2.05) is 23.0 Å². The summed E-state index contributed by atoms with van der Waals surface area (Å²) in [6.45, 7) is 1.56. The lowest BCUT2D eigenvalue weighted by Crippen LogP contribution is -2.15. The standard InChI is InChI=1S/C11H13ClN4S/c12-11-4-3-10(17-11)7-16-6-9(14-15-16)5-13-8-1-2-8/h3-4,6,8,13H,1-2,5,7H2. The molecule has 1 aliphatic carbocycles. The van der Waals surface area contributed by atoms with Crippen molar-refractivity contribution >= 4 is 22.9 Å². The summed E-state index contributed by atoms with van der Waals surface area (Å²) in [5.41, 5.74) is 1.000. The van der Waals surface area contributed by atoms with Crippen LogP contribution in [-0.4, -0.2) is 21.0 Å². The van der Waals surface area contributed by atoms with Crippen molar-refractivity contribution in [2.75, 3.05) is 0 Å². The molecule has 0 aliphatic heterocycles. The summed E-state index contributed by atoms with van der Waals surface area (Å²) < 4.78 is 2.67. The Bertz CT molecular complexity index is 503. The van der Waals surface area contributed by atoms with Gasteiger partial charge < -0.3 is 5.32 Å². The first-order valence-corrected chi connectivity index (χ1v) is 6.85. The average Bonchev–Trinajstić information content (AvgIpc) is 2.90. The molecule has 3 rings (SSSR count). The molecule has 90 valence electrons. The third kappa shape index (κ3) is 3.06. The molecule has 6 heteroatoms. The van der Waals surface area contributed by atoms with Gasteiger partial charge in [-0.3, -0.25) is 0 Å². The molecular formula is C11H13ClN4S. The topological polar surface area (TPSA) is 42.7 Å². The normalized spacial score (nSPS) is 15.4. The van der Waals surface area contributed by atoms with Gasteiger partial charge in [0.05, 0.1) is 22.8 Å². The smallest absolute Gasteiger partial charge is 0.0965 e. The highest BCUT2D eigenvalue weighted by atomic mass is 35.5. The number of aromatic nitrogens is 3. The minimum absolute atomic E-state index is 0.705. The summed E-state index contributed by atoms with van der Waals surface area (Å²) in [6, 6.07) is 4.64. The molecule has 1 N–H and O–H groups in total. The number of hydrogen-bond donors (Lipinski definition) is 1. The Morgan fingerprint density at radius 2 is 2.35 bits per heavy atom. The zero-order valence-electron chi connectivity index (χ0n) is 9.27. The van der Waals surface area contributed by atoms with Gasteiger partial charge in [0.15, 0.2) is 0 Å². The number of halogens is 1. The van der Waals surface area contributed by atoms with E-state index in [0.29, 0.717) is 6.04 Å². The van der Waals surface area contributed by atoms with Crippen molar-refractivity contribution < 1.29 is 0 Å². The Labute approximate surface area is 109 Å². The van der Waals surface area contributed by atoms with E-state index in [1.54, 1.807) is 11.3 Å². The van der Waals surface area contributed by atoms with Crippen LogP contribution in [0.25, 0.3) is 0 Å². The number of thiophene rings is 1. The first-order valence-electron chi connectivity index (χ1n) is 5.66. The van der Waals surface area contributed by atoms with E-state index in [9.17, 15) is 0 Å². The Hall–Kier alpha value is -0.910. The van der Waals surface area contributed by atoms with E-state index in [1.165, 1.54) is 17.7 Å². The summed E-state index contributed by atoms with van der Waals surface area (Å²) in [6.07, 6.45) is 4.58. The minimum atomic E-state index is 0.705. The largest absolute Gasteiger partial charge is 0.308 e. The second kappa shape index (κ2) is 4.76. The fourth-order valence-electron chi connectivity index (χ4n) is 1.63. The summed E-state index contributed by atoms with van der Waals surface area (Å²) >= 11 is 7.47. The number of rotatable bonds is 5. The molecule has 1 saturated carbocycles. The fourth-order valence-corrected chi connectivity index (χ4v) is 2.71. The summed E-state index contributed by atoms with van der Waals surface area (Å²) in [4.78, 5) is 1.20. The van der Waals surface area contributed by atoms with E-state index in [4.69, 9.17) is 11.6 Å². The van der Waals surface area contributed by atoms with Crippen LogP contribution < -0.4 is 5.32 Å². The molecule has 1 fully saturated rings. The van der Waals surface area contributed by atoms with Crippen LogP contribution in [0.3, 0.4) is 0 Å². The van der Waals surface area contributed by atoms with Crippen molar-refractivity contribution in [2.45, 2.75) is 32.0 Å². The van der Waals surface area contributed by atoms with Crippen molar-refractivity contribution in [3.63, 3.8) is 0 Å². The molecule has 0 radical (unpaired) electrons. The van der Waals surface area contributed by atoms with Crippen LogP contribution in [0.4, 0.5) is 0 Å². The Morgan fingerprint density at radius 3 is 3.06 bits per heavy atom. The predicted molar refractivity (Wildman–Crippen MR) is 68.3 cm³/mol. The summed E-state index contributed by atoms with van der Waals surface area (Å²) in [7, 11) is 0. The van der Waals surface area contributed by atoms with Crippen LogP contribution in [0.1, 0.15) is 23.4 Å². The van der Waals surface area contributed by atoms with Crippen molar-refractivity contribution in [3.8, 4) is 0 Å². The van der Waals surface area contributed by atoms with Gasteiger partial charge >= 0.3 is 0 Å². The van der Waals surface area contributed by atoms with E-state index in [0.717, 1.165) is 23.1 Å². The second-order valence-corrected chi connectivity index (χ2v) is 6.07. The molecule has 1 aliphatic rings. The first kappa shape index (κ1) is 11.2. The number of hydrogen-bond acceptors (Lipinski definition) is 4. The molecule has 0 aromatic carbocycles. The van der Waals surface area contributed by atoms with Gasteiger partial charge in [-0.2, -0.15) is 0 Å². The Balaban J connectivity index is 1.59. The quantitative estimate of drug-likeness (QED) is 0.905. The molecule has 0 saturated heterocycles. The highest BCUT2D eigenvalue weighted by Gasteiger charge is 2.20. The summed E-state index contributed by atoms with van der Waals surface area (Å²) in [5.74, 6) is 0. The van der Waals surface area contributed by atoms with Crippen LogP contribution in [0.5, 0.6) is 0 Å². The molecule has 17 heavy (non-hydrogen) atoms. The summed E-state index contributed by atoms with van der Waals surface area (Å²) in [5, 5.41) is 11.7. The Kier molecular flexibility index (Phi) is 3.13. The highest BCUT2D eigenvalue weighted by Crippen LogP contribution is 2.22. The van der Waals surface area contributed by atoms with Crippen LogP contribution >= 0.6 is 22.9 Å². The van der Waals surface area contributed by atoms with Gasteiger partial charge in [0.2, 0.25) is 0 Å². The number of nitrogens with zero attached hydrogens (tertiary/aromatic N) is 3. The molecule has 0 unspecified atom stereocenters. The maximum absolute atomic E-state index is 5.89. The van der Waals surface area contributed by atoms with Crippen molar-refractivity contribution in [1.82, 2.24) is 20.3 Å². The maximum atomic E-state index is 5.89. The average molecular weight is 269 g/mol. The van der Waals surface area contributed by atoms with Gasteiger partial charge in [0.25, 0.3) is 0 Å². The predicted octanol–water partition coefficient (Wildman–Crippen LogP) is 2.29. The van der Waals surface area contributed by atoms with Gasteiger partial charge in [0.1, 0.15) is 0 Å². The van der Waals surface area contributed by atoms with E-state index < -0.39 is 0 Å². The highest BCUT2D eigenvalue weighted by molar-refractivity contribution is 7.16. The molecule has 0 spiro atoms. The van der Waals surface area contributed by atoms with Crippen LogP contribution in [-0.2, 0) is 13.1 Å². The minimum Gasteiger partial charge on any atom is -0.308 e. The molecule has 0 bridgehead atoms. The third-order valence-electron chi connectivity index (χ3n) is 2.68. The van der Waals surface area contributed by atoms with Gasteiger partial charge in [-0.05, 0) is 25.0 Å². The molecule has 0 amide bonds. The maximum Gasteiger partial charge on any atom is 0.0965 e. The zero-order chi connectivity index (χ0) is 11.7. The SMILES string of the molecule is Clc1ccc(Cn2cc(CNC3CC3)nn2)s1. The number of nitrogens with one attached hydrogen (secondary N) is 1. The molecule has 2 aromatic heterocycles. The van der Waals surface area contributed by atoms with Crippen LogP contribution in [0.2, 0.25) is 4.34 Å². The lowest BCUT2D eigenvalue weighted by atomic mass is 10.4. The molecular weight excluding hydrogens is 256 g/mol. The van der Waals surface area contributed by atoms with Gasteiger partial charge in [-0.15, -0.1) is 16.4 Å². The van der Waals surface area contributed by atoms with Crippen molar-refractivity contribution in [2.24, 2.45) is 0 Å². The van der Waals surface area contributed by atoms with Gasteiger partial charge in [-0.25, -0.2) is 4.68 Å². The molecule has 4 nitrogen and oxygen atoms in total. The van der Waals surface area contributed by atoms with Crippen LogP contribution in [0.15, 0.2) is 18.3 Å².